The third-order valence-corrected chi connectivity index (χ3v) is 4.40. The maximum atomic E-state index is 10.1. The zero-order valence-corrected chi connectivity index (χ0v) is 13.9. The molecule has 0 atom stereocenters. The molecular weight excluding hydrogens is 328 g/mol. The van der Waals surface area contributed by atoms with Crippen molar-refractivity contribution in [2.75, 3.05) is 0 Å². The Kier molecular flexibility index (Phi) is 3.02. The Morgan fingerprint density at radius 1 is 0.923 bits per heavy atom. The van der Waals surface area contributed by atoms with Gasteiger partial charge in [-0.05, 0) is 31.2 Å². The van der Waals surface area contributed by atoms with Crippen molar-refractivity contribution in [2.24, 2.45) is 0 Å². The molecule has 0 amide bonds. The van der Waals surface area contributed by atoms with E-state index in [0.29, 0.717) is 22.7 Å². The van der Waals surface area contributed by atoms with Crippen LogP contribution < -0.4 is 0 Å². The minimum absolute atomic E-state index is 0.150. The van der Waals surface area contributed by atoms with Crippen molar-refractivity contribution in [2.45, 2.75) is 6.92 Å². The summed E-state index contributed by atoms with van der Waals surface area (Å²) in [5.41, 5.74) is 4.07. The largest absolute Gasteiger partial charge is 0.507 e. The summed E-state index contributed by atoms with van der Waals surface area (Å²) in [6.45, 7) is 2.05. The molecule has 7 nitrogen and oxygen atoms in total. The molecule has 5 rings (SSSR count). The number of para-hydroxylation sites is 1. The minimum atomic E-state index is 0.150. The molecule has 0 unspecified atom stereocenters. The highest BCUT2D eigenvalue weighted by molar-refractivity contribution is 5.90. The summed E-state index contributed by atoms with van der Waals surface area (Å²) in [6.07, 6.45) is 3.40. The van der Waals surface area contributed by atoms with Gasteiger partial charge in [-0.15, -0.1) is 10.2 Å². The second kappa shape index (κ2) is 5.38. The molecule has 5 aromatic rings. The normalized spacial score (nSPS) is 11.4. The molecule has 2 aromatic carbocycles. The monoisotopic (exact) mass is 342 g/mol. The van der Waals surface area contributed by atoms with Gasteiger partial charge in [-0.1, -0.05) is 29.8 Å². The van der Waals surface area contributed by atoms with Gasteiger partial charge in [0, 0.05) is 0 Å². The number of phenols is 1. The highest BCUT2D eigenvalue weighted by atomic mass is 16.3. The molecule has 0 saturated heterocycles. The molecule has 0 aliphatic heterocycles. The molecule has 26 heavy (non-hydrogen) atoms. The van der Waals surface area contributed by atoms with Crippen molar-refractivity contribution in [3.8, 4) is 22.8 Å². The number of nitrogens with zero attached hydrogens (tertiary/aromatic N) is 6. The van der Waals surface area contributed by atoms with Crippen molar-refractivity contribution in [3.63, 3.8) is 0 Å². The van der Waals surface area contributed by atoms with Gasteiger partial charge in [-0.3, -0.25) is 4.40 Å². The van der Waals surface area contributed by atoms with Crippen LogP contribution in [0, 0.1) is 6.92 Å². The van der Waals surface area contributed by atoms with E-state index in [1.807, 2.05) is 37.3 Å². The second-order valence-corrected chi connectivity index (χ2v) is 6.11. The summed E-state index contributed by atoms with van der Waals surface area (Å²) >= 11 is 0. The maximum absolute atomic E-state index is 10.1. The molecule has 0 aliphatic rings. The Labute approximate surface area is 148 Å². The van der Waals surface area contributed by atoms with Crippen LogP contribution in [0.3, 0.4) is 0 Å². The van der Waals surface area contributed by atoms with Gasteiger partial charge < -0.3 is 5.11 Å². The van der Waals surface area contributed by atoms with Gasteiger partial charge in [0.1, 0.15) is 12.1 Å². The lowest BCUT2D eigenvalue weighted by atomic mass is 10.2. The Balaban J connectivity index is 1.73. The first-order chi connectivity index (χ1) is 12.7. The zero-order chi connectivity index (χ0) is 17.7. The van der Waals surface area contributed by atoms with Gasteiger partial charge >= 0.3 is 0 Å². The van der Waals surface area contributed by atoms with Crippen LogP contribution in [0.4, 0.5) is 0 Å². The van der Waals surface area contributed by atoms with Crippen LogP contribution in [-0.2, 0) is 0 Å². The molecule has 0 fully saturated rings. The van der Waals surface area contributed by atoms with Crippen LogP contribution in [0.1, 0.15) is 5.56 Å². The Morgan fingerprint density at radius 3 is 2.54 bits per heavy atom. The number of aromatic nitrogens is 6. The lowest BCUT2D eigenvalue weighted by Crippen LogP contribution is -1.99. The average molecular weight is 342 g/mol. The Hall–Kier alpha value is -3.74. The Morgan fingerprint density at radius 2 is 1.73 bits per heavy atom. The number of phenolic OH excluding ortho intramolecular Hbond substituents is 1. The van der Waals surface area contributed by atoms with Gasteiger partial charge in [0.2, 0.25) is 0 Å². The van der Waals surface area contributed by atoms with E-state index in [1.165, 1.54) is 5.56 Å². The molecule has 3 heterocycles. The van der Waals surface area contributed by atoms with E-state index < -0.39 is 0 Å². The molecule has 7 heteroatoms. The van der Waals surface area contributed by atoms with Crippen LogP contribution in [0.5, 0.6) is 5.75 Å². The van der Waals surface area contributed by atoms with E-state index >= 15 is 0 Å². The van der Waals surface area contributed by atoms with Crippen LogP contribution >= 0.6 is 0 Å². The van der Waals surface area contributed by atoms with Gasteiger partial charge in [0.05, 0.1) is 22.8 Å². The Bertz CT molecular complexity index is 1250. The molecular formula is C19H14N6O. The number of hydrogen-bond acceptors (Lipinski definition) is 5. The lowest BCUT2D eigenvalue weighted by Gasteiger charge is -2.04. The molecule has 0 aliphatic carbocycles. The van der Waals surface area contributed by atoms with Crippen LogP contribution in [-0.4, -0.2) is 34.5 Å². The van der Waals surface area contributed by atoms with Crippen molar-refractivity contribution in [1.29, 1.82) is 0 Å². The third kappa shape index (κ3) is 2.07. The SMILES string of the molecule is Cc1ccc(-n2ncc3c2ncn2c(-c4ccccc4O)nnc32)cc1. The first-order valence-electron chi connectivity index (χ1n) is 8.15. The van der Waals surface area contributed by atoms with Gasteiger partial charge in [-0.25, -0.2) is 9.67 Å². The smallest absolute Gasteiger partial charge is 0.175 e. The molecule has 0 radical (unpaired) electrons. The van der Waals surface area contributed by atoms with E-state index in [0.717, 1.165) is 11.1 Å². The van der Waals surface area contributed by atoms with E-state index in [1.54, 1.807) is 39.8 Å². The highest BCUT2D eigenvalue weighted by Crippen LogP contribution is 2.29. The minimum Gasteiger partial charge on any atom is -0.507 e. The summed E-state index contributed by atoms with van der Waals surface area (Å²) in [6, 6.07) is 15.1. The standard InChI is InChI=1S/C19H14N6O/c1-12-6-8-13(9-7-12)25-17-15(10-21-25)19-23-22-18(24(19)11-20-17)14-4-2-3-5-16(14)26/h2-11,26H,1H3. The first-order valence-corrected chi connectivity index (χ1v) is 8.15. The maximum Gasteiger partial charge on any atom is 0.175 e. The van der Waals surface area contributed by atoms with Crippen LogP contribution in [0.2, 0.25) is 0 Å². The van der Waals surface area contributed by atoms with Gasteiger partial charge in [-0.2, -0.15) is 5.10 Å². The van der Waals surface area contributed by atoms with E-state index in [2.05, 4.69) is 20.3 Å². The van der Waals surface area contributed by atoms with Crippen LogP contribution in [0.25, 0.3) is 33.8 Å². The molecule has 0 spiro atoms. The summed E-state index contributed by atoms with van der Waals surface area (Å²) < 4.78 is 3.54. The van der Waals surface area contributed by atoms with Crippen molar-refractivity contribution in [3.05, 3.63) is 66.6 Å². The van der Waals surface area contributed by atoms with Crippen molar-refractivity contribution < 1.29 is 5.11 Å². The third-order valence-electron chi connectivity index (χ3n) is 4.40. The number of hydrogen-bond donors (Lipinski definition) is 1. The second-order valence-electron chi connectivity index (χ2n) is 6.11. The number of rotatable bonds is 2. The van der Waals surface area contributed by atoms with Gasteiger partial charge in [0.25, 0.3) is 0 Å². The lowest BCUT2D eigenvalue weighted by molar-refractivity contribution is 0.477. The topological polar surface area (TPSA) is 81.1 Å². The summed E-state index contributed by atoms with van der Waals surface area (Å²) in [5.74, 6) is 0.688. The number of fused-ring (bicyclic) bond motifs is 3. The fraction of sp³-hybridized carbons (Fsp3) is 0.0526. The van der Waals surface area contributed by atoms with Crippen molar-refractivity contribution in [1.82, 2.24) is 29.4 Å². The summed E-state index contributed by atoms with van der Waals surface area (Å²) in [5, 5.41) is 23.9. The predicted octanol–water partition coefficient (Wildman–Crippen LogP) is 3.14. The van der Waals surface area contributed by atoms with Crippen molar-refractivity contribution >= 4 is 16.7 Å². The average Bonchev–Trinajstić information content (AvgIpc) is 3.26. The molecule has 126 valence electrons. The van der Waals surface area contributed by atoms with Gasteiger partial charge in [0.15, 0.2) is 17.1 Å². The molecule has 0 bridgehead atoms. The molecule has 3 aromatic heterocycles. The first kappa shape index (κ1) is 14.6. The quantitative estimate of drug-likeness (QED) is 0.533. The fourth-order valence-corrected chi connectivity index (χ4v) is 3.04. The van der Waals surface area contributed by atoms with E-state index in [4.69, 9.17) is 0 Å². The molecule has 0 saturated carbocycles. The number of aromatic hydroxyl groups is 1. The summed E-state index contributed by atoms with van der Waals surface area (Å²) in [7, 11) is 0. The van der Waals surface area contributed by atoms with Crippen LogP contribution in [0.15, 0.2) is 61.1 Å². The zero-order valence-electron chi connectivity index (χ0n) is 13.9. The highest BCUT2D eigenvalue weighted by Gasteiger charge is 2.16. The summed E-state index contributed by atoms with van der Waals surface area (Å²) in [4.78, 5) is 4.56. The fourth-order valence-electron chi connectivity index (χ4n) is 3.04. The van der Waals surface area contributed by atoms with E-state index in [9.17, 15) is 5.11 Å². The predicted molar refractivity (Wildman–Crippen MR) is 97.2 cm³/mol. The van der Waals surface area contributed by atoms with E-state index in [-0.39, 0.29) is 5.75 Å². The number of benzene rings is 2. The molecule has 1 N–H and O–H groups in total. The number of aryl methyl sites for hydroxylation is 1.